The third-order valence-electron chi connectivity index (χ3n) is 3.20. The summed E-state index contributed by atoms with van der Waals surface area (Å²) in [6, 6.07) is 0. The zero-order chi connectivity index (χ0) is 16.5. The molecule has 2 aliphatic rings. The zero-order valence-electron chi connectivity index (χ0n) is 12.7. The molecule has 0 N–H and O–H groups in total. The van der Waals surface area contributed by atoms with Crippen LogP contribution in [0.15, 0.2) is 0 Å². The lowest BCUT2D eigenvalue weighted by Crippen LogP contribution is -2.63. The van der Waals surface area contributed by atoms with Crippen molar-refractivity contribution in [2.45, 2.75) is 51.2 Å². The molecule has 0 saturated carbocycles. The first-order chi connectivity index (χ1) is 10.3. The van der Waals surface area contributed by atoms with Crippen molar-refractivity contribution >= 4 is 17.9 Å². The number of methoxy groups -OCH3 is 1. The topological polar surface area (TPSA) is 110 Å². The first-order valence-electron chi connectivity index (χ1n) is 6.65. The summed E-state index contributed by atoms with van der Waals surface area (Å²) in [6.45, 7) is 3.71. The maximum atomic E-state index is 11.4. The van der Waals surface area contributed by atoms with Gasteiger partial charge in [-0.2, -0.15) is 0 Å². The summed E-state index contributed by atoms with van der Waals surface area (Å²) in [6.07, 6.45) is -4.29. The Bertz CT molecular complexity index is 470. The average molecular weight is 318 g/mol. The van der Waals surface area contributed by atoms with Crippen molar-refractivity contribution in [2.75, 3.05) is 13.7 Å². The molecule has 2 rings (SSSR count). The fourth-order valence-corrected chi connectivity index (χ4v) is 2.36. The minimum absolute atomic E-state index is 0.134. The lowest BCUT2D eigenvalue weighted by molar-refractivity contribution is -0.326. The van der Waals surface area contributed by atoms with Gasteiger partial charge in [0.25, 0.3) is 0 Å². The molecule has 0 bridgehead atoms. The van der Waals surface area contributed by atoms with Gasteiger partial charge in [-0.25, -0.2) is 0 Å². The van der Waals surface area contributed by atoms with Crippen LogP contribution >= 0.6 is 0 Å². The number of hydrogen-bond acceptors (Lipinski definition) is 9. The lowest BCUT2D eigenvalue weighted by Gasteiger charge is -2.42. The maximum absolute atomic E-state index is 11.4. The molecule has 9 heteroatoms. The Labute approximate surface area is 126 Å². The molecular formula is C13H18O9. The molecule has 0 unspecified atom stereocenters. The van der Waals surface area contributed by atoms with Gasteiger partial charge in [0.05, 0.1) is 0 Å². The van der Waals surface area contributed by atoms with Crippen LogP contribution in [0.5, 0.6) is 0 Å². The zero-order valence-corrected chi connectivity index (χ0v) is 12.7. The Morgan fingerprint density at radius 1 is 0.955 bits per heavy atom. The number of ether oxygens (including phenoxy) is 6. The van der Waals surface area contributed by atoms with Gasteiger partial charge in [0.15, 0.2) is 18.3 Å². The molecule has 0 radical (unpaired) electrons. The molecule has 22 heavy (non-hydrogen) atoms. The van der Waals surface area contributed by atoms with Crippen LogP contribution in [0, 0.1) is 0 Å². The van der Waals surface area contributed by atoms with E-state index in [0.717, 1.165) is 0 Å². The Kier molecular flexibility index (Phi) is 4.69. The van der Waals surface area contributed by atoms with Crippen LogP contribution < -0.4 is 0 Å². The monoisotopic (exact) mass is 318 g/mol. The molecule has 0 aromatic carbocycles. The minimum Gasteiger partial charge on any atom is -0.454 e. The van der Waals surface area contributed by atoms with Crippen molar-refractivity contribution in [1.82, 2.24) is 0 Å². The molecule has 9 nitrogen and oxygen atoms in total. The highest BCUT2D eigenvalue weighted by atomic mass is 16.9. The number of carbonyl (C=O) groups is 3. The normalized spacial score (nSPS) is 36.5. The van der Waals surface area contributed by atoms with Crippen LogP contribution in [0.3, 0.4) is 0 Å². The van der Waals surface area contributed by atoms with E-state index in [0.29, 0.717) is 0 Å². The number of hydrogen-bond donors (Lipinski definition) is 0. The average Bonchev–Trinajstić information content (AvgIpc) is 3.16. The molecule has 5 atom stereocenters. The molecule has 0 aromatic heterocycles. The maximum Gasteiger partial charge on any atom is 0.303 e. The number of rotatable bonds is 4. The van der Waals surface area contributed by atoms with E-state index in [-0.39, 0.29) is 6.61 Å². The van der Waals surface area contributed by atoms with E-state index in [1.54, 1.807) is 0 Å². The standard InChI is InChI=1S/C13H18O9/c1-6(14)19-9-10(20-7(2)15)12(17-4)22-13(5-18-13)11(9)21-8(3)16/h9-12H,5H2,1-4H3/t9-,10-,11+,12+,13-/m1/s1. The van der Waals surface area contributed by atoms with Crippen LogP contribution in [0.25, 0.3) is 0 Å². The third-order valence-corrected chi connectivity index (χ3v) is 3.20. The predicted octanol–water partition coefficient (Wildman–Crippen LogP) is -0.489. The molecule has 0 aromatic rings. The Morgan fingerprint density at radius 3 is 1.86 bits per heavy atom. The van der Waals surface area contributed by atoms with Crippen molar-refractivity contribution in [2.24, 2.45) is 0 Å². The van der Waals surface area contributed by atoms with E-state index in [2.05, 4.69) is 0 Å². The quantitative estimate of drug-likeness (QED) is 0.385. The summed E-state index contributed by atoms with van der Waals surface area (Å²) in [5.74, 6) is -3.13. The van der Waals surface area contributed by atoms with E-state index in [4.69, 9.17) is 28.4 Å². The first kappa shape index (κ1) is 16.7. The largest absolute Gasteiger partial charge is 0.454 e. The highest BCUT2D eigenvalue weighted by molar-refractivity contribution is 5.68. The van der Waals surface area contributed by atoms with Gasteiger partial charge in [-0.1, -0.05) is 0 Å². The minimum atomic E-state index is -1.26. The smallest absolute Gasteiger partial charge is 0.303 e. The Balaban J connectivity index is 2.33. The van der Waals surface area contributed by atoms with E-state index in [1.807, 2.05) is 0 Å². The second-order valence-corrected chi connectivity index (χ2v) is 5.00. The van der Waals surface area contributed by atoms with Crippen LogP contribution in [0.4, 0.5) is 0 Å². The molecule has 2 aliphatic heterocycles. The van der Waals surface area contributed by atoms with Crippen LogP contribution in [-0.2, 0) is 42.8 Å². The summed E-state index contributed by atoms with van der Waals surface area (Å²) < 4.78 is 31.4. The van der Waals surface area contributed by atoms with Crippen molar-refractivity contribution in [3.05, 3.63) is 0 Å². The van der Waals surface area contributed by atoms with Gasteiger partial charge < -0.3 is 28.4 Å². The molecule has 2 heterocycles. The van der Waals surface area contributed by atoms with Crippen LogP contribution in [-0.4, -0.2) is 62.0 Å². The summed E-state index contributed by atoms with van der Waals surface area (Å²) >= 11 is 0. The second kappa shape index (κ2) is 6.19. The summed E-state index contributed by atoms with van der Waals surface area (Å²) in [5.41, 5.74) is 0. The van der Waals surface area contributed by atoms with Crippen molar-refractivity contribution < 1.29 is 42.8 Å². The predicted molar refractivity (Wildman–Crippen MR) is 67.2 cm³/mol. The van der Waals surface area contributed by atoms with Gasteiger partial charge >= 0.3 is 17.9 Å². The molecule has 0 aliphatic carbocycles. The summed E-state index contributed by atoms with van der Waals surface area (Å²) in [5, 5.41) is 0. The Morgan fingerprint density at radius 2 is 1.45 bits per heavy atom. The van der Waals surface area contributed by atoms with Crippen molar-refractivity contribution in [1.29, 1.82) is 0 Å². The molecule has 0 amide bonds. The number of esters is 3. The highest BCUT2D eigenvalue weighted by Gasteiger charge is 2.67. The fourth-order valence-electron chi connectivity index (χ4n) is 2.36. The first-order valence-corrected chi connectivity index (χ1v) is 6.65. The van der Waals surface area contributed by atoms with E-state index in [9.17, 15) is 14.4 Å². The lowest BCUT2D eigenvalue weighted by atomic mass is 9.98. The van der Waals surface area contributed by atoms with Crippen molar-refractivity contribution in [3.8, 4) is 0 Å². The number of carbonyl (C=O) groups excluding carboxylic acids is 3. The highest BCUT2D eigenvalue weighted by Crippen LogP contribution is 2.44. The van der Waals surface area contributed by atoms with Gasteiger partial charge in [-0.05, 0) is 0 Å². The van der Waals surface area contributed by atoms with Crippen molar-refractivity contribution in [3.63, 3.8) is 0 Å². The molecular weight excluding hydrogens is 300 g/mol. The number of epoxide rings is 1. The second-order valence-electron chi connectivity index (χ2n) is 5.00. The fraction of sp³-hybridized carbons (Fsp3) is 0.769. The van der Waals surface area contributed by atoms with Gasteiger partial charge in [0, 0.05) is 27.9 Å². The molecule has 1 spiro atoms. The summed E-state index contributed by atoms with van der Waals surface area (Å²) in [4.78, 5) is 34.0. The Hall–Kier alpha value is -1.71. The van der Waals surface area contributed by atoms with Crippen LogP contribution in [0.1, 0.15) is 20.8 Å². The SMILES string of the molecule is CO[C@H]1O[C@]2(CO2)[C@@H](OC(C)=O)[C@H](OC(C)=O)[C@H]1OC(C)=O. The van der Waals surface area contributed by atoms with E-state index in [1.165, 1.54) is 27.9 Å². The third kappa shape index (κ3) is 3.37. The molecule has 124 valence electrons. The van der Waals surface area contributed by atoms with E-state index < -0.39 is 48.3 Å². The molecule has 2 fully saturated rings. The van der Waals surface area contributed by atoms with Gasteiger partial charge in [0.1, 0.15) is 6.61 Å². The van der Waals surface area contributed by atoms with Gasteiger partial charge in [-0.15, -0.1) is 0 Å². The van der Waals surface area contributed by atoms with Crippen LogP contribution in [0.2, 0.25) is 0 Å². The van der Waals surface area contributed by atoms with Gasteiger partial charge in [0.2, 0.25) is 12.1 Å². The van der Waals surface area contributed by atoms with E-state index >= 15 is 0 Å². The van der Waals surface area contributed by atoms with Gasteiger partial charge in [-0.3, -0.25) is 14.4 Å². The summed E-state index contributed by atoms with van der Waals surface area (Å²) in [7, 11) is 1.34. The molecule has 2 saturated heterocycles.